The van der Waals surface area contributed by atoms with Crippen LogP contribution in [-0.2, 0) is 22.5 Å². The van der Waals surface area contributed by atoms with Crippen molar-refractivity contribution in [3.63, 3.8) is 0 Å². The van der Waals surface area contributed by atoms with E-state index in [0.29, 0.717) is 12.3 Å². The van der Waals surface area contributed by atoms with Crippen LogP contribution in [0, 0.1) is 0 Å². The van der Waals surface area contributed by atoms with Crippen molar-refractivity contribution >= 4 is 17.7 Å². The zero-order chi connectivity index (χ0) is 19.8. The molecule has 3 rings (SSSR count). The second kappa shape index (κ2) is 9.90. The van der Waals surface area contributed by atoms with Gasteiger partial charge >= 0.3 is 12.0 Å². The van der Waals surface area contributed by atoms with Gasteiger partial charge in [0.15, 0.2) is 0 Å². The van der Waals surface area contributed by atoms with Gasteiger partial charge in [0.2, 0.25) is 0 Å². The van der Waals surface area contributed by atoms with E-state index < -0.39 is 0 Å². The molecule has 0 spiro atoms. The number of esters is 1. The molecule has 1 fully saturated rings. The minimum absolute atomic E-state index is 0.145. The minimum atomic E-state index is -0.248. The average molecular weight is 381 g/mol. The van der Waals surface area contributed by atoms with Gasteiger partial charge in [0.25, 0.3) is 0 Å². The van der Waals surface area contributed by atoms with E-state index in [1.807, 2.05) is 30.3 Å². The van der Waals surface area contributed by atoms with Gasteiger partial charge in [-0.25, -0.2) is 4.79 Å². The molecule has 1 unspecified atom stereocenters. The maximum Gasteiger partial charge on any atom is 0.319 e. The molecule has 1 aliphatic heterocycles. The number of likely N-dealkylation sites (tertiary alicyclic amines) is 1. The van der Waals surface area contributed by atoms with Gasteiger partial charge < -0.3 is 15.4 Å². The van der Waals surface area contributed by atoms with Crippen molar-refractivity contribution in [3.8, 4) is 0 Å². The molecule has 1 heterocycles. The summed E-state index contributed by atoms with van der Waals surface area (Å²) in [5.41, 5.74) is 2.84. The maximum absolute atomic E-state index is 12.3. The molecule has 0 aromatic heterocycles. The molecule has 0 radical (unpaired) electrons. The second-order valence-corrected chi connectivity index (χ2v) is 6.98. The summed E-state index contributed by atoms with van der Waals surface area (Å²) in [6, 6.07) is 17.5. The quantitative estimate of drug-likeness (QED) is 0.723. The summed E-state index contributed by atoms with van der Waals surface area (Å²) < 4.78 is 4.94. The van der Waals surface area contributed by atoms with Crippen molar-refractivity contribution in [1.82, 2.24) is 10.2 Å². The number of anilines is 1. The van der Waals surface area contributed by atoms with E-state index in [4.69, 9.17) is 4.74 Å². The third kappa shape index (κ3) is 6.09. The fourth-order valence-electron chi connectivity index (χ4n) is 3.37. The molecule has 2 amide bonds. The lowest BCUT2D eigenvalue weighted by Gasteiger charge is -2.17. The van der Waals surface area contributed by atoms with Crippen molar-refractivity contribution in [2.24, 2.45) is 0 Å². The molecule has 1 atom stereocenters. The van der Waals surface area contributed by atoms with Gasteiger partial charge in [-0.05, 0) is 36.6 Å². The first-order chi connectivity index (χ1) is 13.6. The Morgan fingerprint density at radius 3 is 2.54 bits per heavy atom. The molecule has 0 bridgehead atoms. The van der Waals surface area contributed by atoms with Crippen LogP contribution in [0.3, 0.4) is 0 Å². The summed E-state index contributed by atoms with van der Waals surface area (Å²) in [5, 5.41) is 5.90. The number of hydrogen-bond acceptors (Lipinski definition) is 4. The highest BCUT2D eigenvalue weighted by atomic mass is 16.5. The van der Waals surface area contributed by atoms with E-state index in [1.165, 1.54) is 5.56 Å². The van der Waals surface area contributed by atoms with E-state index in [2.05, 4.69) is 27.7 Å². The smallest absolute Gasteiger partial charge is 0.319 e. The molecule has 2 aromatic carbocycles. The van der Waals surface area contributed by atoms with Gasteiger partial charge in [-0.2, -0.15) is 0 Å². The molecule has 6 heteroatoms. The molecule has 1 saturated heterocycles. The summed E-state index contributed by atoms with van der Waals surface area (Å²) in [6.45, 7) is 4.89. The molecule has 0 aliphatic carbocycles. The number of amides is 2. The zero-order valence-electron chi connectivity index (χ0n) is 16.2. The van der Waals surface area contributed by atoms with Crippen molar-refractivity contribution in [3.05, 3.63) is 65.7 Å². The molecule has 2 N–H and O–H groups in total. The number of hydrogen-bond donors (Lipinski definition) is 2. The number of nitrogens with one attached hydrogen (secondary N) is 2. The fraction of sp³-hybridized carbons (Fsp3) is 0.364. The number of benzene rings is 2. The normalized spacial score (nSPS) is 16.5. The number of urea groups is 1. The van der Waals surface area contributed by atoms with E-state index in [1.54, 1.807) is 19.1 Å². The highest BCUT2D eigenvalue weighted by Gasteiger charge is 2.23. The Bertz CT molecular complexity index is 777. The first kappa shape index (κ1) is 19.9. The van der Waals surface area contributed by atoms with Crippen molar-refractivity contribution in [2.45, 2.75) is 32.4 Å². The molecule has 28 heavy (non-hydrogen) atoms. The summed E-state index contributed by atoms with van der Waals surface area (Å²) in [5.74, 6) is -0.248. The standard InChI is InChI=1S/C22H27N3O3/c1-2-28-21(26)14-17-8-10-19(11-9-17)23-22(27)24-20-12-13-25(16-20)15-18-6-4-3-5-7-18/h3-11,20H,2,12-16H2,1H3,(H2,23,24,27). The van der Waals surface area contributed by atoms with Crippen LogP contribution in [0.1, 0.15) is 24.5 Å². The molecule has 6 nitrogen and oxygen atoms in total. The van der Waals surface area contributed by atoms with Crippen LogP contribution in [0.2, 0.25) is 0 Å². The minimum Gasteiger partial charge on any atom is -0.466 e. The number of carbonyl (C=O) groups is 2. The van der Waals surface area contributed by atoms with Crippen molar-refractivity contribution < 1.29 is 14.3 Å². The van der Waals surface area contributed by atoms with Gasteiger partial charge in [0, 0.05) is 31.4 Å². The summed E-state index contributed by atoms with van der Waals surface area (Å²) in [4.78, 5) is 26.1. The number of rotatable bonds is 7. The number of carbonyl (C=O) groups excluding carboxylic acids is 2. The van der Waals surface area contributed by atoms with Crippen LogP contribution in [-0.4, -0.2) is 42.6 Å². The van der Waals surface area contributed by atoms with Gasteiger partial charge in [0.1, 0.15) is 0 Å². The summed E-state index contributed by atoms with van der Waals surface area (Å²) >= 11 is 0. The van der Waals surface area contributed by atoms with Crippen molar-refractivity contribution in [1.29, 1.82) is 0 Å². The second-order valence-electron chi connectivity index (χ2n) is 6.98. The molecule has 2 aromatic rings. The Morgan fingerprint density at radius 1 is 1.07 bits per heavy atom. The molecule has 148 valence electrons. The van der Waals surface area contributed by atoms with E-state index in [9.17, 15) is 9.59 Å². The van der Waals surface area contributed by atoms with Crippen molar-refractivity contribution in [2.75, 3.05) is 25.0 Å². The van der Waals surface area contributed by atoms with E-state index in [-0.39, 0.29) is 24.5 Å². The lowest BCUT2D eigenvalue weighted by Crippen LogP contribution is -2.39. The Hall–Kier alpha value is -2.86. The molecule has 0 saturated carbocycles. The van der Waals surface area contributed by atoms with Gasteiger partial charge in [-0.15, -0.1) is 0 Å². The Labute approximate surface area is 165 Å². The van der Waals surface area contributed by atoms with Crippen LogP contribution in [0.15, 0.2) is 54.6 Å². The summed E-state index contributed by atoms with van der Waals surface area (Å²) in [6.07, 6.45) is 1.18. The van der Waals surface area contributed by atoms with Crippen LogP contribution in [0.4, 0.5) is 10.5 Å². The van der Waals surface area contributed by atoms with Gasteiger partial charge in [-0.3, -0.25) is 9.69 Å². The molecular weight excluding hydrogens is 354 g/mol. The summed E-state index contributed by atoms with van der Waals surface area (Å²) in [7, 11) is 0. The number of nitrogens with zero attached hydrogens (tertiary/aromatic N) is 1. The average Bonchev–Trinajstić information content (AvgIpc) is 3.11. The van der Waals surface area contributed by atoms with Crippen LogP contribution >= 0.6 is 0 Å². The first-order valence-electron chi connectivity index (χ1n) is 9.70. The predicted molar refractivity (Wildman–Crippen MR) is 109 cm³/mol. The Morgan fingerprint density at radius 2 is 1.82 bits per heavy atom. The van der Waals surface area contributed by atoms with E-state index >= 15 is 0 Å². The SMILES string of the molecule is CCOC(=O)Cc1ccc(NC(=O)NC2CCN(Cc3ccccc3)C2)cc1. The van der Waals surface area contributed by atoms with E-state index in [0.717, 1.165) is 31.6 Å². The Kier molecular flexibility index (Phi) is 7.03. The molecular formula is C22H27N3O3. The van der Waals surface area contributed by atoms with Crippen LogP contribution in [0.25, 0.3) is 0 Å². The maximum atomic E-state index is 12.3. The topological polar surface area (TPSA) is 70.7 Å². The number of ether oxygens (including phenoxy) is 1. The van der Waals surface area contributed by atoms with Gasteiger partial charge in [-0.1, -0.05) is 42.5 Å². The first-order valence-corrected chi connectivity index (χ1v) is 9.70. The van der Waals surface area contributed by atoms with Crippen LogP contribution < -0.4 is 10.6 Å². The highest BCUT2D eigenvalue weighted by molar-refractivity contribution is 5.89. The third-order valence-electron chi connectivity index (χ3n) is 4.72. The molecule has 1 aliphatic rings. The monoisotopic (exact) mass is 381 g/mol. The zero-order valence-corrected chi connectivity index (χ0v) is 16.2. The predicted octanol–water partition coefficient (Wildman–Crippen LogP) is 3.19. The van der Waals surface area contributed by atoms with Gasteiger partial charge in [0.05, 0.1) is 13.0 Å². The highest BCUT2D eigenvalue weighted by Crippen LogP contribution is 2.14. The third-order valence-corrected chi connectivity index (χ3v) is 4.72. The fourth-order valence-corrected chi connectivity index (χ4v) is 3.37. The lowest BCUT2D eigenvalue weighted by molar-refractivity contribution is -0.142. The largest absolute Gasteiger partial charge is 0.466 e. The lowest BCUT2D eigenvalue weighted by atomic mass is 10.1. The van der Waals surface area contributed by atoms with Crippen LogP contribution in [0.5, 0.6) is 0 Å². The Balaban J connectivity index is 1.42.